The van der Waals surface area contributed by atoms with E-state index in [-0.39, 0.29) is 24.6 Å². The Kier molecular flexibility index (Phi) is 6.79. The van der Waals surface area contributed by atoms with Crippen molar-refractivity contribution < 1.29 is 22.7 Å². The Bertz CT molecular complexity index is 1290. The van der Waals surface area contributed by atoms with Crippen molar-refractivity contribution in [2.75, 3.05) is 24.0 Å². The molecule has 0 bridgehead atoms. The van der Waals surface area contributed by atoms with Crippen LogP contribution in [-0.2, 0) is 14.8 Å². The van der Waals surface area contributed by atoms with Crippen molar-refractivity contribution in [2.24, 2.45) is 0 Å². The average molecular weight is 481 g/mol. The number of anilines is 1. The van der Waals surface area contributed by atoms with Gasteiger partial charge >= 0.3 is 0 Å². The lowest BCUT2D eigenvalue weighted by molar-refractivity contribution is -0.127. The molecule has 3 aromatic rings. The maximum Gasteiger partial charge on any atom is 0.264 e. The summed E-state index contributed by atoms with van der Waals surface area (Å²) in [4.78, 5) is 13.1. The lowest BCUT2D eigenvalue weighted by Crippen LogP contribution is -2.51. The largest absolute Gasteiger partial charge is 0.491 e. The molecule has 4 rings (SSSR count). The molecule has 0 aliphatic carbocycles. The molecule has 0 fully saturated rings. The van der Waals surface area contributed by atoms with Gasteiger partial charge in [-0.1, -0.05) is 36.4 Å². The Labute approximate surface area is 200 Å². The molecule has 0 radical (unpaired) electrons. The Hall–Kier alpha value is -3.52. The van der Waals surface area contributed by atoms with Crippen molar-refractivity contribution in [1.82, 2.24) is 5.32 Å². The lowest BCUT2D eigenvalue weighted by Gasteiger charge is -2.35. The van der Waals surface area contributed by atoms with Gasteiger partial charge in [-0.2, -0.15) is 0 Å². The van der Waals surface area contributed by atoms with Crippen LogP contribution in [0.25, 0.3) is 0 Å². The minimum atomic E-state index is -3.88. The smallest absolute Gasteiger partial charge is 0.264 e. The highest BCUT2D eigenvalue weighted by Gasteiger charge is 2.37. The number of fused-ring (bicyclic) bond motifs is 1. The van der Waals surface area contributed by atoms with Crippen molar-refractivity contribution in [3.05, 3.63) is 83.4 Å². The third-order valence-corrected chi connectivity index (χ3v) is 7.40. The van der Waals surface area contributed by atoms with Crippen LogP contribution in [0.4, 0.5) is 5.69 Å². The van der Waals surface area contributed by atoms with Crippen molar-refractivity contribution in [2.45, 2.75) is 31.8 Å². The van der Waals surface area contributed by atoms with Gasteiger partial charge in [0.15, 0.2) is 6.10 Å². The Morgan fingerprint density at radius 3 is 2.50 bits per heavy atom. The monoisotopic (exact) mass is 480 g/mol. The number of aryl methyl sites for hydroxylation is 3. The van der Waals surface area contributed by atoms with Crippen LogP contribution in [-0.4, -0.2) is 40.1 Å². The first kappa shape index (κ1) is 23.6. The molecule has 7 nitrogen and oxygen atoms in total. The first-order valence-corrected chi connectivity index (χ1v) is 12.5. The molecule has 0 aromatic heterocycles. The molecule has 34 heavy (non-hydrogen) atoms. The molecule has 1 N–H and O–H groups in total. The molecule has 1 amide bonds. The standard InChI is InChI=1S/C26H28N2O5S/c1-18-10-12-23-22(15-18)28(34(30,31)21-7-5-4-6-8-21)17-25(33-23)26(29)27-13-14-32-24-16-19(2)9-11-20(24)3/h4-12,15-16,25H,13-14,17H2,1-3H3,(H,27,29)/t25-/m0/s1. The van der Waals surface area contributed by atoms with Gasteiger partial charge in [-0.25, -0.2) is 8.42 Å². The minimum absolute atomic E-state index is 0.128. The van der Waals surface area contributed by atoms with E-state index in [1.54, 1.807) is 42.5 Å². The number of carbonyl (C=O) groups is 1. The van der Waals surface area contributed by atoms with E-state index in [1.165, 1.54) is 4.31 Å². The van der Waals surface area contributed by atoms with Gasteiger partial charge in [-0.3, -0.25) is 9.10 Å². The van der Waals surface area contributed by atoms with Crippen molar-refractivity contribution in [1.29, 1.82) is 0 Å². The third-order valence-electron chi connectivity index (χ3n) is 5.61. The number of amides is 1. The summed E-state index contributed by atoms with van der Waals surface area (Å²) < 4.78 is 39.8. The highest BCUT2D eigenvalue weighted by Crippen LogP contribution is 2.37. The molecule has 1 aliphatic heterocycles. The summed E-state index contributed by atoms with van der Waals surface area (Å²) in [6.45, 7) is 6.25. The van der Waals surface area contributed by atoms with Gasteiger partial charge in [-0.05, 0) is 67.8 Å². The summed E-state index contributed by atoms with van der Waals surface area (Å²) in [7, 11) is -3.88. The predicted octanol–water partition coefficient (Wildman–Crippen LogP) is 3.76. The van der Waals surface area contributed by atoms with Gasteiger partial charge in [0.1, 0.15) is 18.1 Å². The van der Waals surface area contributed by atoms with E-state index in [0.717, 1.165) is 22.4 Å². The van der Waals surface area contributed by atoms with Gasteiger partial charge in [0.05, 0.1) is 23.7 Å². The second-order valence-electron chi connectivity index (χ2n) is 8.34. The number of hydrogen-bond acceptors (Lipinski definition) is 5. The number of ether oxygens (including phenoxy) is 2. The van der Waals surface area contributed by atoms with Crippen LogP contribution >= 0.6 is 0 Å². The number of nitrogens with zero attached hydrogens (tertiary/aromatic N) is 1. The Morgan fingerprint density at radius 2 is 1.74 bits per heavy atom. The molecule has 0 unspecified atom stereocenters. The first-order chi connectivity index (χ1) is 16.3. The van der Waals surface area contributed by atoms with Crippen molar-refractivity contribution in [3.63, 3.8) is 0 Å². The number of carbonyl (C=O) groups excluding carboxylic acids is 1. The quantitative estimate of drug-likeness (QED) is 0.521. The summed E-state index contributed by atoms with van der Waals surface area (Å²) in [6.07, 6.45) is -0.991. The topological polar surface area (TPSA) is 84.9 Å². The average Bonchev–Trinajstić information content (AvgIpc) is 2.83. The summed E-state index contributed by atoms with van der Waals surface area (Å²) in [5.41, 5.74) is 3.42. The third kappa shape index (κ3) is 5.02. The summed E-state index contributed by atoms with van der Waals surface area (Å²) >= 11 is 0. The fraction of sp³-hybridized carbons (Fsp3) is 0.269. The Balaban J connectivity index is 1.48. The SMILES string of the molecule is Cc1ccc(C)c(OCCNC(=O)[C@@H]2CN(S(=O)(=O)c3ccccc3)c3cc(C)ccc3O2)c1. The number of nitrogens with one attached hydrogen (secondary N) is 1. The first-order valence-electron chi connectivity index (χ1n) is 11.1. The van der Waals surface area contributed by atoms with Gasteiger partial charge in [0, 0.05) is 0 Å². The molecule has 8 heteroatoms. The van der Waals surface area contributed by atoms with Crippen LogP contribution in [0.2, 0.25) is 0 Å². The van der Waals surface area contributed by atoms with Crippen LogP contribution in [0.1, 0.15) is 16.7 Å². The predicted molar refractivity (Wildman–Crippen MR) is 131 cm³/mol. The highest BCUT2D eigenvalue weighted by molar-refractivity contribution is 7.92. The molecule has 1 aliphatic rings. The summed E-state index contributed by atoms with van der Waals surface area (Å²) in [5, 5.41) is 2.80. The normalized spacial score (nSPS) is 15.3. The summed E-state index contributed by atoms with van der Waals surface area (Å²) in [5.74, 6) is 0.722. The zero-order valence-corrected chi connectivity index (χ0v) is 20.3. The van der Waals surface area contributed by atoms with Crippen LogP contribution < -0.4 is 19.1 Å². The number of hydrogen-bond donors (Lipinski definition) is 1. The van der Waals surface area contributed by atoms with E-state index in [4.69, 9.17) is 9.47 Å². The molecule has 0 saturated carbocycles. The molecule has 1 atom stereocenters. The molecule has 0 saturated heterocycles. The van der Waals surface area contributed by atoms with E-state index in [9.17, 15) is 13.2 Å². The Morgan fingerprint density at radius 1 is 1.03 bits per heavy atom. The van der Waals surface area contributed by atoms with E-state index < -0.39 is 22.0 Å². The van der Waals surface area contributed by atoms with Gasteiger partial charge in [0.25, 0.3) is 15.9 Å². The molecule has 1 heterocycles. The molecular formula is C26H28N2O5S. The van der Waals surface area contributed by atoms with Gasteiger partial charge in [-0.15, -0.1) is 0 Å². The fourth-order valence-corrected chi connectivity index (χ4v) is 5.25. The van der Waals surface area contributed by atoms with E-state index in [1.807, 2.05) is 45.0 Å². The van der Waals surface area contributed by atoms with Gasteiger partial charge < -0.3 is 14.8 Å². The maximum absolute atomic E-state index is 13.4. The van der Waals surface area contributed by atoms with Crippen LogP contribution in [0.5, 0.6) is 11.5 Å². The van der Waals surface area contributed by atoms with E-state index in [0.29, 0.717) is 11.4 Å². The number of rotatable bonds is 7. The van der Waals surface area contributed by atoms with Crippen molar-refractivity contribution >= 4 is 21.6 Å². The van der Waals surface area contributed by atoms with Crippen molar-refractivity contribution in [3.8, 4) is 11.5 Å². The van der Waals surface area contributed by atoms with E-state index in [2.05, 4.69) is 5.32 Å². The molecule has 0 spiro atoms. The zero-order chi connectivity index (χ0) is 24.3. The maximum atomic E-state index is 13.4. The second-order valence-corrected chi connectivity index (χ2v) is 10.2. The van der Waals surface area contributed by atoms with Crippen LogP contribution in [0, 0.1) is 20.8 Å². The zero-order valence-electron chi connectivity index (χ0n) is 19.4. The van der Waals surface area contributed by atoms with E-state index >= 15 is 0 Å². The van der Waals surface area contributed by atoms with Gasteiger partial charge in [0.2, 0.25) is 0 Å². The summed E-state index contributed by atoms with van der Waals surface area (Å²) in [6, 6.07) is 19.4. The lowest BCUT2D eigenvalue weighted by atomic mass is 10.1. The minimum Gasteiger partial charge on any atom is -0.491 e. The molecule has 3 aromatic carbocycles. The fourth-order valence-electron chi connectivity index (χ4n) is 3.76. The highest BCUT2D eigenvalue weighted by atomic mass is 32.2. The molecular weight excluding hydrogens is 452 g/mol. The number of benzene rings is 3. The van der Waals surface area contributed by atoms with Crippen LogP contribution in [0.15, 0.2) is 71.6 Å². The molecule has 178 valence electrons. The van der Waals surface area contributed by atoms with Crippen LogP contribution in [0.3, 0.4) is 0 Å². The number of sulfonamides is 1. The second kappa shape index (κ2) is 9.77.